The highest BCUT2D eigenvalue weighted by molar-refractivity contribution is 7.89. The van der Waals surface area contributed by atoms with Crippen LogP contribution in [0.15, 0.2) is 23.1 Å². The number of primary sulfonamides is 1. The molecule has 18 heavy (non-hydrogen) atoms. The van der Waals surface area contributed by atoms with Gasteiger partial charge >= 0.3 is 0 Å². The average Bonchev–Trinajstić information content (AvgIpc) is 2.66. The summed E-state index contributed by atoms with van der Waals surface area (Å²) in [6.45, 7) is 2.18. The second-order valence-electron chi connectivity index (χ2n) is 4.92. The zero-order chi connectivity index (χ0) is 13.3. The van der Waals surface area contributed by atoms with Gasteiger partial charge in [-0.1, -0.05) is 19.4 Å². The van der Waals surface area contributed by atoms with Crippen LogP contribution in [0.25, 0.3) is 0 Å². The molecule has 0 bridgehead atoms. The van der Waals surface area contributed by atoms with Crippen molar-refractivity contribution in [1.82, 2.24) is 0 Å². The first kappa shape index (κ1) is 13.2. The van der Waals surface area contributed by atoms with Gasteiger partial charge in [0.25, 0.3) is 0 Å². The molecule has 1 saturated carbocycles. The number of hydrogen-bond donors (Lipinski definition) is 3. The van der Waals surface area contributed by atoms with Gasteiger partial charge in [-0.2, -0.15) is 0 Å². The van der Waals surface area contributed by atoms with Crippen LogP contribution in [0.5, 0.6) is 0 Å². The van der Waals surface area contributed by atoms with Crippen LogP contribution in [-0.4, -0.2) is 14.5 Å². The first-order valence-electron chi connectivity index (χ1n) is 6.07. The highest BCUT2D eigenvalue weighted by Crippen LogP contribution is 2.32. The molecule has 0 spiro atoms. The number of benzene rings is 1. The highest BCUT2D eigenvalue weighted by Gasteiger charge is 2.24. The predicted molar refractivity (Wildman–Crippen MR) is 72.7 cm³/mol. The van der Waals surface area contributed by atoms with Crippen molar-refractivity contribution in [2.24, 2.45) is 11.1 Å². The number of hydrogen-bond acceptors (Lipinski definition) is 4. The number of anilines is 2. The molecule has 1 fully saturated rings. The molecular formula is C12H19N3O2S. The molecule has 6 heteroatoms. The third kappa shape index (κ3) is 2.59. The van der Waals surface area contributed by atoms with E-state index < -0.39 is 10.0 Å². The summed E-state index contributed by atoms with van der Waals surface area (Å²) < 4.78 is 22.8. The summed E-state index contributed by atoms with van der Waals surface area (Å²) in [6, 6.07) is 5.21. The Labute approximate surface area is 108 Å². The van der Waals surface area contributed by atoms with Gasteiger partial charge in [0.05, 0.1) is 11.4 Å². The third-order valence-corrected chi connectivity index (χ3v) is 4.54. The van der Waals surface area contributed by atoms with Crippen molar-refractivity contribution in [2.45, 2.75) is 37.1 Å². The predicted octanol–water partition coefficient (Wildman–Crippen LogP) is 1.52. The molecule has 2 atom stereocenters. The molecule has 0 radical (unpaired) electrons. The van der Waals surface area contributed by atoms with Gasteiger partial charge in [0.2, 0.25) is 10.0 Å². The van der Waals surface area contributed by atoms with Crippen molar-refractivity contribution >= 4 is 21.4 Å². The number of para-hydroxylation sites is 1. The average molecular weight is 269 g/mol. The van der Waals surface area contributed by atoms with E-state index in [1.54, 1.807) is 12.1 Å². The standard InChI is InChI=1S/C12H19N3O2S/c1-8-4-2-5-9(8)15-10-6-3-7-11(12(10)13)18(14,16)17/h3,6-9,15H,2,4-5,13H2,1H3,(H2,14,16,17). The molecule has 2 unspecified atom stereocenters. The van der Waals surface area contributed by atoms with Crippen molar-refractivity contribution in [1.29, 1.82) is 0 Å². The Balaban J connectivity index is 2.29. The van der Waals surface area contributed by atoms with Crippen molar-refractivity contribution in [2.75, 3.05) is 11.1 Å². The van der Waals surface area contributed by atoms with E-state index in [-0.39, 0.29) is 10.6 Å². The highest BCUT2D eigenvalue weighted by atomic mass is 32.2. The zero-order valence-corrected chi connectivity index (χ0v) is 11.2. The Hall–Kier alpha value is -1.27. The summed E-state index contributed by atoms with van der Waals surface area (Å²) in [4.78, 5) is -0.0156. The molecule has 100 valence electrons. The Morgan fingerprint density at radius 2 is 2.06 bits per heavy atom. The molecule has 1 aliphatic carbocycles. The molecular weight excluding hydrogens is 250 g/mol. The van der Waals surface area contributed by atoms with E-state index >= 15 is 0 Å². The molecule has 1 aromatic rings. The first-order valence-corrected chi connectivity index (χ1v) is 7.62. The minimum Gasteiger partial charge on any atom is -0.396 e. The maximum atomic E-state index is 11.4. The summed E-state index contributed by atoms with van der Waals surface area (Å²) in [5.74, 6) is 0.572. The quantitative estimate of drug-likeness (QED) is 0.724. The summed E-state index contributed by atoms with van der Waals surface area (Å²) in [6.07, 6.45) is 3.46. The fourth-order valence-electron chi connectivity index (χ4n) is 2.48. The van der Waals surface area contributed by atoms with Gasteiger partial charge in [0.1, 0.15) is 4.90 Å². The van der Waals surface area contributed by atoms with Crippen LogP contribution >= 0.6 is 0 Å². The summed E-state index contributed by atoms with van der Waals surface area (Å²) in [7, 11) is -3.77. The second-order valence-corrected chi connectivity index (χ2v) is 6.45. The molecule has 0 heterocycles. The Morgan fingerprint density at radius 3 is 2.61 bits per heavy atom. The molecule has 5 N–H and O–H groups in total. The van der Waals surface area contributed by atoms with Crippen LogP contribution in [0.2, 0.25) is 0 Å². The van der Waals surface area contributed by atoms with E-state index in [0.717, 1.165) is 6.42 Å². The Bertz CT molecular complexity index is 542. The van der Waals surface area contributed by atoms with Crippen LogP contribution in [0.3, 0.4) is 0 Å². The first-order chi connectivity index (χ1) is 8.39. The van der Waals surface area contributed by atoms with Crippen LogP contribution < -0.4 is 16.2 Å². The van der Waals surface area contributed by atoms with Crippen LogP contribution in [-0.2, 0) is 10.0 Å². The lowest BCUT2D eigenvalue weighted by molar-refractivity contribution is 0.556. The minimum absolute atomic E-state index is 0.0156. The van der Waals surface area contributed by atoms with Crippen molar-refractivity contribution < 1.29 is 8.42 Å². The Kier molecular flexibility index (Phi) is 3.49. The van der Waals surface area contributed by atoms with Gasteiger partial charge in [-0.25, -0.2) is 13.6 Å². The number of nitrogen functional groups attached to an aromatic ring is 1. The van der Waals surface area contributed by atoms with Crippen molar-refractivity contribution in [3.05, 3.63) is 18.2 Å². The lowest BCUT2D eigenvalue weighted by Gasteiger charge is -2.20. The van der Waals surface area contributed by atoms with E-state index in [1.165, 1.54) is 18.9 Å². The third-order valence-electron chi connectivity index (χ3n) is 3.58. The largest absolute Gasteiger partial charge is 0.396 e. The monoisotopic (exact) mass is 269 g/mol. The van der Waals surface area contributed by atoms with Gasteiger partial charge in [0.15, 0.2) is 0 Å². The number of nitrogens with one attached hydrogen (secondary N) is 1. The van der Waals surface area contributed by atoms with Crippen LogP contribution in [0.1, 0.15) is 26.2 Å². The van der Waals surface area contributed by atoms with Crippen molar-refractivity contribution in [3.8, 4) is 0 Å². The van der Waals surface area contributed by atoms with Crippen molar-refractivity contribution in [3.63, 3.8) is 0 Å². The molecule has 0 saturated heterocycles. The summed E-state index contributed by atoms with van der Waals surface area (Å²) >= 11 is 0. The van der Waals surface area contributed by atoms with Crippen LogP contribution in [0, 0.1) is 5.92 Å². The lowest BCUT2D eigenvalue weighted by atomic mass is 10.1. The topological polar surface area (TPSA) is 98.2 Å². The molecule has 1 aliphatic rings. The molecule has 1 aromatic carbocycles. The SMILES string of the molecule is CC1CCCC1Nc1cccc(S(N)(=O)=O)c1N. The van der Waals surface area contributed by atoms with Gasteiger partial charge in [-0.3, -0.25) is 0 Å². The minimum atomic E-state index is -3.77. The fraction of sp³-hybridized carbons (Fsp3) is 0.500. The van der Waals surface area contributed by atoms with Gasteiger partial charge < -0.3 is 11.1 Å². The normalized spacial score (nSPS) is 24.1. The molecule has 0 aliphatic heterocycles. The van der Waals surface area contributed by atoms with E-state index in [0.29, 0.717) is 17.6 Å². The Morgan fingerprint density at radius 1 is 1.33 bits per heavy atom. The van der Waals surface area contributed by atoms with Gasteiger partial charge in [-0.05, 0) is 30.9 Å². The van der Waals surface area contributed by atoms with Crippen LogP contribution in [0.4, 0.5) is 11.4 Å². The lowest BCUT2D eigenvalue weighted by Crippen LogP contribution is -2.23. The molecule has 0 aromatic heterocycles. The second kappa shape index (κ2) is 4.78. The summed E-state index contributed by atoms with van der Waals surface area (Å²) in [5.41, 5.74) is 6.73. The molecule has 0 amide bonds. The maximum absolute atomic E-state index is 11.4. The number of sulfonamides is 1. The maximum Gasteiger partial charge on any atom is 0.240 e. The number of rotatable bonds is 3. The smallest absolute Gasteiger partial charge is 0.240 e. The van der Waals surface area contributed by atoms with Gasteiger partial charge in [-0.15, -0.1) is 0 Å². The number of nitrogens with two attached hydrogens (primary N) is 2. The van der Waals surface area contributed by atoms with E-state index in [2.05, 4.69) is 12.2 Å². The fourth-order valence-corrected chi connectivity index (χ4v) is 3.16. The van der Waals surface area contributed by atoms with E-state index in [1.807, 2.05) is 0 Å². The summed E-state index contributed by atoms with van der Waals surface area (Å²) in [5, 5.41) is 8.45. The van der Waals surface area contributed by atoms with E-state index in [4.69, 9.17) is 10.9 Å². The zero-order valence-electron chi connectivity index (χ0n) is 10.4. The van der Waals surface area contributed by atoms with E-state index in [9.17, 15) is 8.42 Å². The molecule has 5 nitrogen and oxygen atoms in total. The van der Waals surface area contributed by atoms with Gasteiger partial charge in [0, 0.05) is 6.04 Å². The molecule has 2 rings (SSSR count).